The molecule has 2 unspecified atom stereocenters. The van der Waals surface area contributed by atoms with Gasteiger partial charge in [-0.05, 0) is 63.2 Å². The Morgan fingerprint density at radius 2 is 2.10 bits per heavy atom. The van der Waals surface area contributed by atoms with Gasteiger partial charge in [0.05, 0.1) is 0 Å². The van der Waals surface area contributed by atoms with Gasteiger partial charge in [0, 0.05) is 18.6 Å². The van der Waals surface area contributed by atoms with Crippen LogP contribution in [0.5, 0.6) is 0 Å². The third-order valence-corrected chi connectivity index (χ3v) is 4.88. The second kappa shape index (κ2) is 8.55. The maximum atomic E-state index is 3.76. The van der Waals surface area contributed by atoms with Gasteiger partial charge in [-0.1, -0.05) is 38.1 Å². The maximum Gasteiger partial charge on any atom is 0.0335 e. The van der Waals surface area contributed by atoms with E-state index in [0.29, 0.717) is 6.04 Å². The van der Waals surface area contributed by atoms with Gasteiger partial charge in [-0.15, -0.1) is 0 Å². The first-order valence-corrected chi connectivity index (χ1v) is 8.79. The van der Waals surface area contributed by atoms with E-state index in [1.807, 2.05) is 0 Å². The van der Waals surface area contributed by atoms with Gasteiger partial charge in [0.2, 0.25) is 0 Å². The Balaban J connectivity index is 1.98. The molecule has 0 radical (unpaired) electrons. The Hall–Kier alpha value is -0.860. The van der Waals surface area contributed by atoms with E-state index >= 15 is 0 Å². The van der Waals surface area contributed by atoms with Gasteiger partial charge in [-0.3, -0.25) is 0 Å². The molecular weight excluding hydrogens is 256 g/mol. The Bertz CT molecular complexity index is 416. The van der Waals surface area contributed by atoms with E-state index in [-0.39, 0.29) is 0 Å². The van der Waals surface area contributed by atoms with Crippen LogP contribution in [0.25, 0.3) is 0 Å². The number of hydrogen-bond acceptors (Lipinski definition) is 2. The minimum Gasteiger partial charge on any atom is -0.310 e. The molecule has 1 N–H and O–H groups in total. The van der Waals surface area contributed by atoms with Crippen molar-refractivity contribution in [2.24, 2.45) is 0 Å². The number of nitrogens with zero attached hydrogens (tertiary/aromatic N) is 1. The molecule has 0 aliphatic carbocycles. The number of benzene rings is 1. The predicted molar refractivity (Wildman–Crippen MR) is 91.7 cm³/mol. The fourth-order valence-electron chi connectivity index (χ4n) is 3.61. The molecule has 0 aromatic heterocycles. The van der Waals surface area contributed by atoms with Gasteiger partial charge in [0.1, 0.15) is 0 Å². The van der Waals surface area contributed by atoms with Crippen molar-refractivity contribution in [3.8, 4) is 0 Å². The maximum absolute atomic E-state index is 3.76. The van der Waals surface area contributed by atoms with Crippen LogP contribution in [0, 0.1) is 6.92 Å². The van der Waals surface area contributed by atoms with Crippen molar-refractivity contribution in [1.82, 2.24) is 10.2 Å². The Morgan fingerprint density at radius 3 is 2.81 bits per heavy atom. The highest BCUT2D eigenvalue weighted by atomic mass is 15.2. The minimum atomic E-state index is 0.504. The first-order valence-electron chi connectivity index (χ1n) is 8.79. The first-order chi connectivity index (χ1) is 10.3. The summed E-state index contributed by atoms with van der Waals surface area (Å²) in [7, 11) is 0. The molecule has 1 fully saturated rings. The summed E-state index contributed by atoms with van der Waals surface area (Å²) >= 11 is 0. The van der Waals surface area contributed by atoms with E-state index in [1.165, 1.54) is 56.3 Å². The standard InChI is InChI=1S/C19H32N2/c1-4-13-20-19(18-11-7-6-9-16(18)3)12-15-21-14-8-10-17(21)5-2/h6-7,9,11,17,19-20H,4-5,8,10,12-15H2,1-3H3. The smallest absolute Gasteiger partial charge is 0.0335 e. The van der Waals surface area contributed by atoms with Crippen LogP contribution in [0.2, 0.25) is 0 Å². The molecule has 118 valence electrons. The summed E-state index contributed by atoms with van der Waals surface area (Å²) in [6, 6.07) is 10.2. The molecule has 1 aliphatic rings. The van der Waals surface area contributed by atoms with E-state index in [9.17, 15) is 0 Å². The first kappa shape index (κ1) is 16.5. The molecule has 1 aliphatic heterocycles. The fraction of sp³-hybridized carbons (Fsp3) is 0.684. The Kier molecular flexibility index (Phi) is 6.72. The quantitative estimate of drug-likeness (QED) is 0.767. The van der Waals surface area contributed by atoms with E-state index in [4.69, 9.17) is 0 Å². The second-order valence-corrected chi connectivity index (χ2v) is 6.39. The predicted octanol–water partition coefficient (Wildman–Crippen LogP) is 4.30. The van der Waals surface area contributed by atoms with Crippen molar-refractivity contribution in [2.75, 3.05) is 19.6 Å². The monoisotopic (exact) mass is 288 g/mol. The average molecular weight is 288 g/mol. The zero-order chi connectivity index (χ0) is 15.1. The van der Waals surface area contributed by atoms with Crippen molar-refractivity contribution in [1.29, 1.82) is 0 Å². The molecule has 1 aromatic carbocycles. The SMILES string of the molecule is CCCNC(CCN1CCCC1CC)c1ccccc1C. The summed E-state index contributed by atoms with van der Waals surface area (Å²) in [5, 5.41) is 3.76. The molecule has 21 heavy (non-hydrogen) atoms. The van der Waals surface area contributed by atoms with E-state index < -0.39 is 0 Å². The van der Waals surface area contributed by atoms with E-state index in [2.05, 4.69) is 55.3 Å². The summed E-state index contributed by atoms with van der Waals surface area (Å²) in [5.74, 6) is 0. The van der Waals surface area contributed by atoms with Crippen LogP contribution in [0.15, 0.2) is 24.3 Å². The number of likely N-dealkylation sites (tertiary alicyclic amines) is 1. The van der Waals surface area contributed by atoms with Crippen LogP contribution in [-0.2, 0) is 0 Å². The lowest BCUT2D eigenvalue weighted by atomic mass is 9.98. The minimum absolute atomic E-state index is 0.504. The van der Waals surface area contributed by atoms with Crippen LogP contribution in [0.4, 0.5) is 0 Å². The molecular formula is C19H32N2. The second-order valence-electron chi connectivity index (χ2n) is 6.39. The van der Waals surface area contributed by atoms with E-state index in [0.717, 1.165) is 12.6 Å². The summed E-state index contributed by atoms with van der Waals surface area (Å²) in [5.41, 5.74) is 2.90. The number of hydrogen-bond donors (Lipinski definition) is 1. The molecule has 0 amide bonds. The summed E-state index contributed by atoms with van der Waals surface area (Å²) < 4.78 is 0. The molecule has 1 heterocycles. The lowest BCUT2D eigenvalue weighted by Crippen LogP contribution is -2.33. The zero-order valence-electron chi connectivity index (χ0n) is 14.1. The van der Waals surface area contributed by atoms with Gasteiger partial charge in [0.25, 0.3) is 0 Å². The molecule has 1 saturated heterocycles. The van der Waals surface area contributed by atoms with Crippen molar-refractivity contribution >= 4 is 0 Å². The normalized spacial score (nSPS) is 20.8. The van der Waals surface area contributed by atoms with Crippen LogP contribution in [0.1, 0.15) is 63.1 Å². The topological polar surface area (TPSA) is 15.3 Å². The number of nitrogens with one attached hydrogen (secondary N) is 1. The van der Waals surface area contributed by atoms with Crippen LogP contribution < -0.4 is 5.32 Å². The molecule has 0 saturated carbocycles. The molecule has 2 heteroatoms. The van der Waals surface area contributed by atoms with Crippen LogP contribution in [0.3, 0.4) is 0 Å². The Morgan fingerprint density at radius 1 is 1.29 bits per heavy atom. The van der Waals surface area contributed by atoms with Gasteiger partial charge in [0.15, 0.2) is 0 Å². The van der Waals surface area contributed by atoms with Gasteiger partial charge < -0.3 is 10.2 Å². The third-order valence-electron chi connectivity index (χ3n) is 4.88. The van der Waals surface area contributed by atoms with Crippen LogP contribution in [-0.4, -0.2) is 30.6 Å². The lowest BCUT2D eigenvalue weighted by Gasteiger charge is -2.27. The van der Waals surface area contributed by atoms with Gasteiger partial charge in [-0.2, -0.15) is 0 Å². The molecule has 1 aromatic rings. The molecule has 2 atom stereocenters. The molecule has 0 bridgehead atoms. The highest BCUT2D eigenvalue weighted by molar-refractivity contribution is 5.28. The van der Waals surface area contributed by atoms with Crippen LogP contribution >= 0.6 is 0 Å². The van der Waals surface area contributed by atoms with Crippen molar-refractivity contribution in [2.45, 2.75) is 65.0 Å². The largest absolute Gasteiger partial charge is 0.310 e. The average Bonchev–Trinajstić information content (AvgIpc) is 2.96. The van der Waals surface area contributed by atoms with Crippen molar-refractivity contribution in [3.05, 3.63) is 35.4 Å². The summed E-state index contributed by atoms with van der Waals surface area (Å²) in [4.78, 5) is 2.71. The molecule has 0 spiro atoms. The summed E-state index contributed by atoms with van der Waals surface area (Å²) in [6.45, 7) is 10.4. The Labute approximate surface area is 130 Å². The lowest BCUT2D eigenvalue weighted by molar-refractivity contribution is 0.234. The van der Waals surface area contributed by atoms with Crippen molar-refractivity contribution in [3.63, 3.8) is 0 Å². The van der Waals surface area contributed by atoms with Crippen molar-refractivity contribution < 1.29 is 0 Å². The van der Waals surface area contributed by atoms with E-state index in [1.54, 1.807) is 0 Å². The number of aryl methyl sites for hydroxylation is 1. The van der Waals surface area contributed by atoms with Gasteiger partial charge >= 0.3 is 0 Å². The number of rotatable bonds is 8. The summed E-state index contributed by atoms with van der Waals surface area (Å²) in [6.07, 6.45) is 6.51. The highest BCUT2D eigenvalue weighted by Crippen LogP contribution is 2.25. The fourth-order valence-corrected chi connectivity index (χ4v) is 3.61. The zero-order valence-corrected chi connectivity index (χ0v) is 14.1. The highest BCUT2D eigenvalue weighted by Gasteiger charge is 2.23. The third kappa shape index (κ3) is 4.55. The van der Waals surface area contributed by atoms with Gasteiger partial charge in [-0.25, -0.2) is 0 Å². The molecule has 2 rings (SSSR count). The molecule has 2 nitrogen and oxygen atoms in total.